The lowest BCUT2D eigenvalue weighted by Crippen LogP contribution is -2.52. The maximum atomic E-state index is 11.7. The number of hydrogen-bond donors (Lipinski definition) is 2. The Balaban J connectivity index is 4.22. The van der Waals surface area contributed by atoms with Crippen LogP contribution in [0.15, 0.2) is 0 Å². The van der Waals surface area contributed by atoms with Crippen molar-refractivity contribution in [3.05, 3.63) is 0 Å². The van der Waals surface area contributed by atoms with Crippen molar-refractivity contribution in [2.24, 2.45) is 0 Å². The molecule has 0 saturated carbocycles. The molecule has 1 atom stereocenters. The predicted octanol–water partition coefficient (Wildman–Crippen LogP) is 0.643. The highest BCUT2D eigenvalue weighted by molar-refractivity contribution is 7.99. The largest absolute Gasteiger partial charge is 0.465 e. The van der Waals surface area contributed by atoms with E-state index in [9.17, 15) is 4.79 Å². The lowest BCUT2D eigenvalue weighted by atomic mass is 10.1. The molecule has 15 heavy (non-hydrogen) atoms. The van der Waals surface area contributed by atoms with Gasteiger partial charge in [0.1, 0.15) is 5.54 Å². The number of nitrogens with one attached hydrogen (secondary N) is 1. The summed E-state index contributed by atoms with van der Waals surface area (Å²) >= 11 is 1.54. The lowest BCUT2D eigenvalue weighted by molar-refractivity contribution is -0.149. The third-order valence-corrected chi connectivity index (χ3v) is 3.17. The first-order valence-electron chi connectivity index (χ1n) is 5.21. The number of hydrogen-bond acceptors (Lipinski definition) is 5. The number of likely N-dealkylation sites (N-methyl/N-ethyl adjacent to an activating group) is 1. The van der Waals surface area contributed by atoms with Crippen molar-refractivity contribution in [3.63, 3.8) is 0 Å². The van der Waals surface area contributed by atoms with Crippen molar-refractivity contribution >= 4 is 17.7 Å². The second-order valence-electron chi connectivity index (χ2n) is 3.36. The first-order valence-corrected chi connectivity index (χ1v) is 6.37. The van der Waals surface area contributed by atoms with Crippen LogP contribution in [0, 0.1) is 0 Å². The van der Waals surface area contributed by atoms with Crippen LogP contribution < -0.4 is 5.32 Å². The highest BCUT2D eigenvalue weighted by Crippen LogP contribution is 2.15. The van der Waals surface area contributed by atoms with E-state index in [2.05, 4.69) is 5.32 Å². The van der Waals surface area contributed by atoms with Crippen LogP contribution in [0.25, 0.3) is 0 Å². The number of carbonyl (C=O) groups is 1. The minimum Gasteiger partial charge on any atom is -0.465 e. The Hall–Kier alpha value is -0.260. The van der Waals surface area contributed by atoms with Crippen LogP contribution in [0.4, 0.5) is 0 Å². The van der Waals surface area contributed by atoms with Gasteiger partial charge >= 0.3 is 5.97 Å². The van der Waals surface area contributed by atoms with E-state index in [0.717, 1.165) is 6.54 Å². The van der Waals surface area contributed by atoms with E-state index in [1.54, 1.807) is 18.7 Å². The van der Waals surface area contributed by atoms with Gasteiger partial charge in [0, 0.05) is 11.5 Å². The molecule has 0 spiro atoms. The number of aliphatic hydroxyl groups excluding tert-OH is 1. The first kappa shape index (κ1) is 14.7. The van der Waals surface area contributed by atoms with Gasteiger partial charge in [0.25, 0.3) is 0 Å². The Kier molecular flexibility index (Phi) is 7.82. The molecule has 0 aliphatic rings. The highest BCUT2D eigenvalue weighted by atomic mass is 32.2. The summed E-state index contributed by atoms with van der Waals surface area (Å²) in [6.07, 6.45) is 0. The zero-order valence-electron chi connectivity index (χ0n) is 9.71. The molecular weight excluding hydrogens is 214 g/mol. The Morgan fingerprint density at radius 1 is 1.53 bits per heavy atom. The molecule has 0 fully saturated rings. The third kappa shape index (κ3) is 5.39. The molecule has 0 radical (unpaired) electrons. The number of carbonyl (C=O) groups excluding carboxylic acids is 1. The van der Waals surface area contributed by atoms with Crippen LogP contribution in [0.3, 0.4) is 0 Å². The normalized spacial score (nSPS) is 14.7. The summed E-state index contributed by atoms with van der Waals surface area (Å²) in [5, 5.41) is 11.8. The fourth-order valence-corrected chi connectivity index (χ4v) is 2.11. The van der Waals surface area contributed by atoms with Gasteiger partial charge in [-0.05, 0) is 20.4 Å². The third-order valence-electron chi connectivity index (χ3n) is 1.92. The van der Waals surface area contributed by atoms with E-state index in [4.69, 9.17) is 9.84 Å². The van der Waals surface area contributed by atoms with E-state index >= 15 is 0 Å². The minimum atomic E-state index is -0.648. The summed E-state index contributed by atoms with van der Waals surface area (Å²) in [5.74, 6) is 1.03. The van der Waals surface area contributed by atoms with Crippen molar-refractivity contribution in [1.82, 2.24) is 5.32 Å². The van der Waals surface area contributed by atoms with Crippen LogP contribution in [0.1, 0.15) is 20.8 Å². The molecule has 0 aliphatic carbocycles. The van der Waals surface area contributed by atoms with Crippen LogP contribution in [0.5, 0.6) is 0 Å². The number of aliphatic hydroxyl groups is 1. The van der Waals surface area contributed by atoms with E-state index in [1.807, 2.05) is 13.8 Å². The number of rotatable bonds is 8. The van der Waals surface area contributed by atoms with Crippen molar-refractivity contribution in [3.8, 4) is 0 Å². The van der Waals surface area contributed by atoms with Crippen LogP contribution in [-0.4, -0.2) is 47.9 Å². The fraction of sp³-hybridized carbons (Fsp3) is 0.900. The van der Waals surface area contributed by atoms with Gasteiger partial charge in [0.2, 0.25) is 0 Å². The van der Waals surface area contributed by atoms with Gasteiger partial charge in [-0.3, -0.25) is 4.79 Å². The average Bonchev–Trinajstić information content (AvgIpc) is 2.19. The molecule has 1 unspecified atom stereocenters. The van der Waals surface area contributed by atoms with Crippen LogP contribution >= 0.6 is 11.8 Å². The highest BCUT2D eigenvalue weighted by Gasteiger charge is 2.33. The molecule has 0 aromatic heterocycles. The summed E-state index contributed by atoms with van der Waals surface area (Å²) in [7, 11) is 0. The SMILES string of the molecule is CCNC(C)(CSCCO)C(=O)OCC. The van der Waals surface area contributed by atoms with Gasteiger partial charge in [-0.25, -0.2) is 0 Å². The molecule has 4 nitrogen and oxygen atoms in total. The standard InChI is InChI=1S/C10H21NO3S/c1-4-11-10(3,8-15-7-6-12)9(13)14-5-2/h11-12H,4-8H2,1-3H3. The van der Waals surface area contributed by atoms with Crippen LogP contribution in [-0.2, 0) is 9.53 Å². The van der Waals surface area contributed by atoms with Gasteiger partial charge in [-0.15, -0.1) is 0 Å². The number of thioether (sulfide) groups is 1. The molecule has 0 bridgehead atoms. The van der Waals surface area contributed by atoms with E-state index in [0.29, 0.717) is 18.1 Å². The van der Waals surface area contributed by atoms with E-state index in [-0.39, 0.29) is 12.6 Å². The Bertz CT molecular complexity index is 190. The summed E-state index contributed by atoms with van der Waals surface area (Å²) in [6.45, 7) is 6.83. The molecule has 0 aromatic rings. The van der Waals surface area contributed by atoms with Gasteiger partial charge < -0.3 is 15.2 Å². The molecule has 90 valence electrons. The monoisotopic (exact) mass is 235 g/mol. The second kappa shape index (κ2) is 7.96. The molecule has 2 N–H and O–H groups in total. The second-order valence-corrected chi connectivity index (χ2v) is 4.46. The topological polar surface area (TPSA) is 58.6 Å². The Morgan fingerprint density at radius 2 is 2.20 bits per heavy atom. The first-order chi connectivity index (χ1) is 7.10. The van der Waals surface area contributed by atoms with Gasteiger partial charge in [-0.2, -0.15) is 11.8 Å². The summed E-state index contributed by atoms with van der Waals surface area (Å²) in [5.41, 5.74) is -0.648. The maximum absolute atomic E-state index is 11.7. The van der Waals surface area contributed by atoms with Crippen molar-refractivity contribution in [1.29, 1.82) is 0 Å². The fourth-order valence-electron chi connectivity index (χ4n) is 1.20. The van der Waals surface area contributed by atoms with Gasteiger partial charge in [-0.1, -0.05) is 6.92 Å². The molecule has 5 heteroatoms. The maximum Gasteiger partial charge on any atom is 0.326 e. The van der Waals surface area contributed by atoms with Gasteiger partial charge in [0.05, 0.1) is 13.2 Å². The zero-order chi connectivity index (χ0) is 11.7. The molecule has 0 rings (SSSR count). The van der Waals surface area contributed by atoms with E-state index < -0.39 is 5.54 Å². The smallest absolute Gasteiger partial charge is 0.326 e. The summed E-state index contributed by atoms with van der Waals surface area (Å²) < 4.78 is 5.01. The lowest BCUT2D eigenvalue weighted by Gasteiger charge is -2.27. The van der Waals surface area contributed by atoms with Crippen LogP contribution in [0.2, 0.25) is 0 Å². The number of ether oxygens (including phenoxy) is 1. The minimum absolute atomic E-state index is 0.135. The Labute approximate surface area is 95.8 Å². The average molecular weight is 235 g/mol. The molecule has 0 heterocycles. The zero-order valence-corrected chi connectivity index (χ0v) is 10.5. The molecule has 0 aliphatic heterocycles. The predicted molar refractivity (Wildman–Crippen MR) is 63.1 cm³/mol. The van der Waals surface area contributed by atoms with Crippen molar-refractivity contribution < 1.29 is 14.6 Å². The quantitative estimate of drug-likeness (QED) is 0.478. The molecule has 0 amide bonds. The molecular formula is C10H21NO3S. The summed E-state index contributed by atoms with van der Waals surface area (Å²) in [6, 6.07) is 0. The van der Waals surface area contributed by atoms with Crippen molar-refractivity contribution in [2.45, 2.75) is 26.3 Å². The summed E-state index contributed by atoms with van der Waals surface area (Å²) in [4.78, 5) is 11.7. The van der Waals surface area contributed by atoms with Gasteiger partial charge in [0.15, 0.2) is 0 Å². The molecule has 0 aromatic carbocycles. The Morgan fingerprint density at radius 3 is 2.67 bits per heavy atom. The number of esters is 1. The molecule has 0 saturated heterocycles. The van der Waals surface area contributed by atoms with E-state index in [1.165, 1.54) is 0 Å². The van der Waals surface area contributed by atoms with Crippen molar-refractivity contribution in [2.75, 3.05) is 31.3 Å².